The largest absolute Gasteiger partial charge is 0.207 e. The molecule has 0 aromatic heterocycles. The van der Waals surface area contributed by atoms with Crippen LogP contribution in [0.4, 0.5) is 4.39 Å². The first kappa shape index (κ1) is 13.3. The number of alkyl halides is 1. The highest BCUT2D eigenvalue weighted by Gasteiger charge is 2.09. The van der Waals surface area contributed by atoms with Crippen molar-refractivity contribution >= 4 is 15.9 Å². The Balaban J connectivity index is 2.16. The number of benzene rings is 2. The summed E-state index contributed by atoms with van der Waals surface area (Å²) in [5.41, 5.74) is 4.83. The van der Waals surface area contributed by atoms with E-state index in [9.17, 15) is 4.39 Å². The minimum Gasteiger partial charge on any atom is -0.207 e. The van der Waals surface area contributed by atoms with Crippen molar-refractivity contribution in [1.29, 1.82) is 0 Å². The van der Waals surface area contributed by atoms with Crippen LogP contribution in [-0.4, -0.2) is 0 Å². The van der Waals surface area contributed by atoms with Gasteiger partial charge in [0.15, 0.2) is 0 Å². The Morgan fingerprint density at radius 3 is 2.50 bits per heavy atom. The zero-order valence-electron chi connectivity index (χ0n) is 10.6. The molecule has 2 heteroatoms. The van der Waals surface area contributed by atoms with Crippen LogP contribution < -0.4 is 0 Å². The van der Waals surface area contributed by atoms with Crippen LogP contribution in [-0.2, 0) is 6.42 Å². The van der Waals surface area contributed by atoms with E-state index in [1.807, 2.05) is 6.07 Å². The first-order valence-electron chi connectivity index (χ1n) is 6.02. The molecule has 2 rings (SSSR count). The van der Waals surface area contributed by atoms with Crippen molar-refractivity contribution in [3.8, 4) is 0 Å². The first-order valence-corrected chi connectivity index (χ1v) is 6.93. The van der Waals surface area contributed by atoms with Gasteiger partial charge in [-0.05, 0) is 54.7 Å². The maximum Gasteiger partial charge on any atom is 0.123 e. The molecule has 1 unspecified atom stereocenters. The molecule has 1 atom stereocenters. The SMILES string of the molecule is Cc1ccc(C(Br)Cc2cccc(F)c2)cc1C. The van der Waals surface area contributed by atoms with Gasteiger partial charge in [0.2, 0.25) is 0 Å². The van der Waals surface area contributed by atoms with Gasteiger partial charge in [-0.3, -0.25) is 0 Å². The summed E-state index contributed by atoms with van der Waals surface area (Å²) in [6.07, 6.45) is 0.792. The van der Waals surface area contributed by atoms with Crippen LogP contribution in [0.15, 0.2) is 42.5 Å². The minimum atomic E-state index is -0.174. The summed E-state index contributed by atoms with van der Waals surface area (Å²) in [5, 5.41) is 0. The molecular weight excluding hydrogens is 291 g/mol. The fourth-order valence-electron chi connectivity index (χ4n) is 1.95. The van der Waals surface area contributed by atoms with E-state index < -0.39 is 0 Å². The molecule has 0 bridgehead atoms. The molecule has 0 aliphatic heterocycles. The molecule has 0 spiro atoms. The predicted octanol–water partition coefficient (Wildman–Crippen LogP) is 5.12. The summed E-state index contributed by atoms with van der Waals surface area (Å²) in [5.74, 6) is -0.174. The standard InChI is InChI=1S/C16H16BrF/c1-11-6-7-14(8-12(11)2)16(17)10-13-4-3-5-15(18)9-13/h3-9,16H,10H2,1-2H3. The predicted molar refractivity (Wildman–Crippen MR) is 77.7 cm³/mol. The van der Waals surface area contributed by atoms with E-state index in [-0.39, 0.29) is 10.6 Å². The highest BCUT2D eigenvalue weighted by Crippen LogP contribution is 2.28. The third-order valence-electron chi connectivity index (χ3n) is 3.20. The lowest BCUT2D eigenvalue weighted by atomic mass is 10.0. The summed E-state index contributed by atoms with van der Waals surface area (Å²) < 4.78 is 13.1. The van der Waals surface area contributed by atoms with Crippen molar-refractivity contribution in [3.05, 3.63) is 70.5 Å². The van der Waals surface area contributed by atoms with Gasteiger partial charge in [0, 0.05) is 4.83 Å². The summed E-state index contributed by atoms with van der Waals surface area (Å²) in [6.45, 7) is 4.22. The van der Waals surface area contributed by atoms with Crippen LogP contribution >= 0.6 is 15.9 Å². The Hall–Kier alpha value is -1.15. The van der Waals surface area contributed by atoms with E-state index in [2.05, 4.69) is 48.0 Å². The molecular formula is C16H16BrF. The van der Waals surface area contributed by atoms with Crippen molar-refractivity contribution in [2.75, 3.05) is 0 Å². The van der Waals surface area contributed by atoms with E-state index >= 15 is 0 Å². The molecule has 0 saturated heterocycles. The van der Waals surface area contributed by atoms with E-state index in [1.54, 1.807) is 12.1 Å². The summed E-state index contributed by atoms with van der Waals surface area (Å²) >= 11 is 3.68. The van der Waals surface area contributed by atoms with Gasteiger partial charge < -0.3 is 0 Å². The molecule has 2 aromatic carbocycles. The summed E-state index contributed by atoms with van der Waals surface area (Å²) in [7, 11) is 0. The molecule has 0 fully saturated rings. The molecule has 2 aromatic rings. The van der Waals surface area contributed by atoms with Gasteiger partial charge in [0.25, 0.3) is 0 Å². The molecule has 0 aliphatic rings. The molecule has 0 heterocycles. The Morgan fingerprint density at radius 1 is 1.06 bits per heavy atom. The molecule has 0 radical (unpaired) electrons. The van der Waals surface area contributed by atoms with Crippen molar-refractivity contribution in [2.24, 2.45) is 0 Å². The second-order valence-electron chi connectivity index (χ2n) is 4.65. The molecule has 0 aliphatic carbocycles. The third-order valence-corrected chi connectivity index (χ3v) is 4.05. The Bertz CT molecular complexity index is 549. The van der Waals surface area contributed by atoms with Crippen LogP contribution in [0.5, 0.6) is 0 Å². The molecule has 0 amide bonds. The van der Waals surface area contributed by atoms with Crippen LogP contribution in [0, 0.1) is 19.7 Å². The second kappa shape index (κ2) is 5.66. The van der Waals surface area contributed by atoms with E-state index in [4.69, 9.17) is 0 Å². The Kier molecular flexibility index (Phi) is 4.18. The van der Waals surface area contributed by atoms with Crippen molar-refractivity contribution in [2.45, 2.75) is 25.1 Å². The smallest absolute Gasteiger partial charge is 0.123 e. The summed E-state index contributed by atoms with van der Waals surface area (Å²) in [4.78, 5) is 0.221. The monoisotopic (exact) mass is 306 g/mol. The zero-order chi connectivity index (χ0) is 13.1. The van der Waals surface area contributed by atoms with Gasteiger partial charge >= 0.3 is 0 Å². The Morgan fingerprint density at radius 2 is 1.83 bits per heavy atom. The topological polar surface area (TPSA) is 0 Å². The molecule has 0 N–H and O–H groups in total. The maximum atomic E-state index is 13.1. The lowest BCUT2D eigenvalue weighted by molar-refractivity contribution is 0.625. The fraction of sp³-hybridized carbons (Fsp3) is 0.250. The first-order chi connectivity index (χ1) is 8.56. The van der Waals surface area contributed by atoms with Crippen LogP contribution in [0.1, 0.15) is 27.1 Å². The minimum absolute atomic E-state index is 0.174. The fourth-order valence-corrected chi connectivity index (χ4v) is 2.61. The average Bonchev–Trinajstić information content (AvgIpc) is 2.32. The third kappa shape index (κ3) is 3.20. The zero-order valence-corrected chi connectivity index (χ0v) is 12.2. The maximum absolute atomic E-state index is 13.1. The van der Waals surface area contributed by atoms with Gasteiger partial charge in [0.1, 0.15) is 5.82 Å². The van der Waals surface area contributed by atoms with Crippen molar-refractivity contribution < 1.29 is 4.39 Å². The highest BCUT2D eigenvalue weighted by atomic mass is 79.9. The Labute approximate surface area is 116 Å². The van der Waals surface area contributed by atoms with Crippen molar-refractivity contribution in [1.82, 2.24) is 0 Å². The highest BCUT2D eigenvalue weighted by molar-refractivity contribution is 9.09. The van der Waals surface area contributed by atoms with Gasteiger partial charge in [-0.1, -0.05) is 46.3 Å². The number of hydrogen-bond donors (Lipinski definition) is 0. The van der Waals surface area contributed by atoms with Crippen LogP contribution in [0.25, 0.3) is 0 Å². The molecule has 0 saturated carbocycles. The lowest BCUT2D eigenvalue weighted by Gasteiger charge is -2.12. The van der Waals surface area contributed by atoms with Crippen LogP contribution in [0.3, 0.4) is 0 Å². The van der Waals surface area contributed by atoms with Gasteiger partial charge in [-0.2, -0.15) is 0 Å². The number of rotatable bonds is 3. The van der Waals surface area contributed by atoms with Gasteiger partial charge in [-0.15, -0.1) is 0 Å². The van der Waals surface area contributed by atoms with Gasteiger partial charge in [0.05, 0.1) is 0 Å². The van der Waals surface area contributed by atoms with Crippen molar-refractivity contribution in [3.63, 3.8) is 0 Å². The van der Waals surface area contributed by atoms with E-state index in [1.165, 1.54) is 22.8 Å². The molecule has 18 heavy (non-hydrogen) atoms. The van der Waals surface area contributed by atoms with E-state index in [0.717, 1.165) is 12.0 Å². The van der Waals surface area contributed by atoms with E-state index in [0.29, 0.717) is 0 Å². The van der Waals surface area contributed by atoms with Gasteiger partial charge in [-0.25, -0.2) is 4.39 Å². The quantitative estimate of drug-likeness (QED) is 0.690. The number of halogens is 2. The normalized spacial score (nSPS) is 12.4. The summed E-state index contributed by atoms with van der Waals surface area (Å²) in [6, 6.07) is 13.2. The lowest BCUT2D eigenvalue weighted by Crippen LogP contribution is -1.97. The van der Waals surface area contributed by atoms with Crippen LogP contribution in [0.2, 0.25) is 0 Å². The molecule has 94 valence electrons. The number of aryl methyl sites for hydroxylation is 2. The molecule has 0 nitrogen and oxygen atoms in total. The number of hydrogen-bond acceptors (Lipinski definition) is 0. The average molecular weight is 307 g/mol. The second-order valence-corrected chi connectivity index (χ2v) is 5.75.